The van der Waals surface area contributed by atoms with Gasteiger partial charge in [0.05, 0.1) is 7.11 Å². The van der Waals surface area contributed by atoms with Crippen molar-refractivity contribution >= 4 is 11.8 Å². The molecule has 1 aromatic carbocycles. The van der Waals surface area contributed by atoms with E-state index in [-0.39, 0.29) is 23.5 Å². The summed E-state index contributed by atoms with van der Waals surface area (Å²) in [7, 11) is 3.21. The van der Waals surface area contributed by atoms with E-state index < -0.39 is 6.04 Å². The van der Waals surface area contributed by atoms with Gasteiger partial charge in [0.1, 0.15) is 17.6 Å². The van der Waals surface area contributed by atoms with Crippen molar-refractivity contribution in [2.45, 2.75) is 38.1 Å². The van der Waals surface area contributed by atoms with Crippen LogP contribution in [0.25, 0.3) is 11.3 Å². The largest absolute Gasteiger partial charge is 0.497 e. The molecule has 1 saturated carbocycles. The summed E-state index contributed by atoms with van der Waals surface area (Å²) in [5, 5.41) is 5.54. The molecule has 1 heterocycles. The van der Waals surface area contributed by atoms with Crippen molar-refractivity contribution in [3.8, 4) is 17.1 Å². The Bertz CT molecular complexity index is 776. The van der Waals surface area contributed by atoms with Crippen LogP contribution in [-0.4, -0.2) is 32.0 Å². The molecule has 3 rings (SSSR count). The Balaban J connectivity index is 1.72. The quantitative estimate of drug-likeness (QED) is 0.817. The molecule has 1 aromatic heterocycles. The Labute approximate surface area is 159 Å². The molecule has 1 aliphatic rings. The number of furan rings is 1. The minimum Gasteiger partial charge on any atom is -0.497 e. The molecule has 0 aliphatic heterocycles. The fraction of sp³-hybridized carbons (Fsp3) is 0.429. The Hall–Kier alpha value is -2.76. The lowest BCUT2D eigenvalue weighted by Gasteiger charge is -2.29. The zero-order chi connectivity index (χ0) is 19.2. The average molecular weight is 370 g/mol. The summed E-state index contributed by atoms with van der Waals surface area (Å²) >= 11 is 0. The van der Waals surface area contributed by atoms with Crippen LogP contribution in [0, 0.1) is 5.92 Å². The Kier molecular flexibility index (Phi) is 6.16. The predicted octanol–water partition coefficient (Wildman–Crippen LogP) is 3.38. The summed E-state index contributed by atoms with van der Waals surface area (Å²) in [6, 6.07) is 10.3. The van der Waals surface area contributed by atoms with Crippen LogP contribution in [0.15, 0.2) is 40.8 Å². The molecule has 2 N–H and O–H groups in total. The predicted molar refractivity (Wildman–Crippen MR) is 103 cm³/mol. The number of nitrogens with one attached hydrogen (secondary N) is 2. The highest BCUT2D eigenvalue weighted by molar-refractivity contribution is 5.96. The van der Waals surface area contributed by atoms with Gasteiger partial charge >= 0.3 is 0 Å². The molecule has 2 aromatic rings. The normalized spacial score (nSPS) is 15.8. The molecule has 0 spiro atoms. The number of ether oxygens (including phenoxy) is 1. The van der Waals surface area contributed by atoms with Gasteiger partial charge in [0.15, 0.2) is 5.76 Å². The number of hydrogen-bond acceptors (Lipinski definition) is 4. The molecule has 1 atom stereocenters. The van der Waals surface area contributed by atoms with E-state index in [0.717, 1.165) is 37.0 Å². The summed E-state index contributed by atoms with van der Waals surface area (Å²) in [6.45, 7) is 0. The van der Waals surface area contributed by atoms with E-state index in [9.17, 15) is 9.59 Å². The molecule has 1 fully saturated rings. The maximum Gasteiger partial charge on any atom is 0.287 e. The van der Waals surface area contributed by atoms with Gasteiger partial charge in [-0.1, -0.05) is 19.3 Å². The first-order valence-electron chi connectivity index (χ1n) is 9.39. The number of methoxy groups -OCH3 is 1. The van der Waals surface area contributed by atoms with Crippen LogP contribution in [0.3, 0.4) is 0 Å². The number of carbonyl (C=O) groups is 2. The first kappa shape index (κ1) is 19.0. The zero-order valence-corrected chi connectivity index (χ0v) is 15.8. The van der Waals surface area contributed by atoms with Gasteiger partial charge in [0.25, 0.3) is 5.91 Å². The van der Waals surface area contributed by atoms with E-state index in [1.807, 2.05) is 24.3 Å². The molecular weight excluding hydrogens is 344 g/mol. The van der Waals surface area contributed by atoms with E-state index in [4.69, 9.17) is 9.15 Å². The van der Waals surface area contributed by atoms with Crippen molar-refractivity contribution in [1.82, 2.24) is 10.6 Å². The van der Waals surface area contributed by atoms with Crippen LogP contribution in [-0.2, 0) is 4.79 Å². The van der Waals surface area contributed by atoms with E-state index in [1.165, 1.54) is 6.42 Å². The minimum atomic E-state index is -0.530. The van der Waals surface area contributed by atoms with Gasteiger partial charge in [0, 0.05) is 12.6 Å². The molecule has 6 nitrogen and oxygen atoms in total. The Morgan fingerprint density at radius 3 is 2.41 bits per heavy atom. The second-order valence-electron chi connectivity index (χ2n) is 6.86. The SMILES string of the molecule is CNC(=O)[C@@H](NC(=O)c1ccc(-c2ccc(OC)cc2)o1)C1CCCCC1. The number of hydrogen-bond donors (Lipinski definition) is 2. The van der Waals surface area contributed by atoms with Crippen molar-refractivity contribution in [2.75, 3.05) is 14.2 Å². The molecule has 0 bridgehead atoms. The van der Waals surface area contributed by atoms with Crippen molar-refractivity contribution < 1.29 is 18.7 Å². The monoisotopic (exact) mass is 370 g/mol. The highest BCUT2D eigenvalue weighted by atomic mass is 16.5. The van der Waals surface area contributed by atoms with E-state index in [0.29, 0.717) is 5.76 Å². The lowest BCUT2D eigenvalue weighted by Crippen LogP contribution is -2.50. The second-order valence-corrected chi connectivity index (χ2v) is 6.86. The average Bonchev–Trinajstić information content (AvgIpc) is 3.22. The third-order valence-electron chi connectivity index (χ3n) is 5.14. The molecule has 1 aliphatic carbocycles. The van der Waals surface area contributed by atoms with Crippen molar-refractivity contribution in [3.63, 3.8) is 0 Å². The topological polar surface area (TPSA) is 80.6 Å². The summed E-state index contributed by atoms with van der Waals surface area (Å²) in [6.07, 6.45) is 5.28. The lowest BCUT2D eigenvalue weighted by atomic mass is 9.83. The van der Waals surface area contributed by atoms with Crippen LogP contribution in [0.1, 0.15) is 42.7 Å². The summed E-state index contributed by atoms with van der Waals surface area (Å²) in [4.78, 5) is 25.0. The fourth-order valence-corrected chi connectivity index (χ4v) is 3.60. The van der Waals surface area contributed by atoms with Crippen LogP contribution in [0.4, 0.5) is 0 Å². The number of amides is 2. The Morgan fingerprint density at radius 2 is 1.78 bits per heavy atom. The highest BCUT2D eigenvalue weighted by Gasteiger charge is 2.31. The standard InChI is InChI=1S/C21H26N2O4/c1-22-21(25)19(15-6-4-3-5-7-15)23-20(24)18-13-12-17(27-18)14-8-10-16(26-2)11-9-14/h8-13,15,19H,3-7H2,1-2H3,(H,22,25)(H,23,24)/t19-/m0/s1. The number of benzene rings is 1. The summed E-state index contributed by atoms with van der Waals surface area (Å²) < 4.78 is 10.9. The zero-order valence-electron chi connectivity index (χ0n) is 15.8. The minimum absolute atomic E-state index is 0.155. The molecule has 144 valence electrons. The molecular formula is C21H26N2O4. The van der Waals surface area contributed by atoms with Crippen LogP contribution in [0.5, 0.6) is 5.75 Å². The smallest absolute Gasteiger partial charge is 0.287 e. The molecule has 2 amide bonds. The van der Waals surface area contributed by atoms with Gasteiger partial charge in [-0.15, -0.1) is 0 Å². The third kappa shape index (κ3) is 4.51. The van der Waals surface area contributed by atoms with Gasteiger partial charge in [-0.25, -0.2) is 0 Å². The summed E-state index contributed by atoms with van der Waals surface area (Å²) in [5.41, 5.74) is 0.852. The van der Waals surface area contributed by atoms with Crippen LogP contribution < -0.4 is 15.4 Å². The highest BCUT2D eigenvalue weighted by Crippen LogP contribution is 2.28. The Morgan fingerprint density at radius 1 is 1.07 bits per heavy atom. The molecule has 0 saturated heterocycles. The van der Waals surface area contributed by atoms with E-state index >= 15 is 0 Å². The molecule has 27 heavy (non-hydrogen) atoms. The summed E-state index contributed by atoms with van der Waals surface area (Å²) in [5.74, 6) is 1.19. The first-order valence-corrected chi connectivity index (χ1v) is 9.39. The number of carbonyl (C=O) groups excluding carboxylic acids is 2. The van der Waals surface area contributed by atoms with Crippen molar-refractivity contribution in [2.24, 2.45) is 5.92 Å². The lowest BCUT2D eigenvalue weighted by molar-refractivity contribution is -0.124. The van der Waals surface area contributed by atoms with E-state index in [1.54, 1.807) is 26.3 Å². The number of likely N-dealkylation sites (N-methyl/N-ethyl adjacent to an activating group) is 1. The third-order valence-corrected chi connectivity index (χ3v) is 5.14. The van der Waals surface area contributed by atoms with Crippen LogP contribution >= 0.6 is 0 Å². The first-order chi connectivity index (χ1) is 13.1. The van der Waals surface area contributed by atoms with E-state index in [2.05, 4.69) is 10.6 Å². The molecule has 0 radical (unpaired) electrons. The molecule has 0 unspecified atom stereocenters. The second kappa shape index (κ2) is 8.75. The maximum absolute atomic E-state index is 12.7. The van der Waals surface area contributed by atoms with Gasteiger partial charge in [-0.05, 0) is 55.2 Å². The van der Waals surface area contributed by atoms with Gasteiger partial charge in [0.2, 0.25) is 5.91 Å². The van der Waals surface area contributed by atoms with Crippen LogP contribution in [0.2, 0.25) is 0 Å². The van der Waals surface area contributed by atoms with Gasteiger partial charge in [-0.2, -0.15) is 0 Å². The van der Waals surface area contributed by atoms with Crippen molar-refractivity contribution in [1.29, 1.82) is 0 Å². The molecule has 6 heteroatoms. The number of rotatable bonds is 6. The maximum atomic E-state index is 12.7. The van der Waals surface area contributed by atoms with Crippen molar-refractivity contribution in [3.05, 3.63) is 42.2 Å². The van der Waals surface area contributed by atoms with Gasteiger partial charge in [-0.3, -0.25) is 9.59 Å². The van der Waals surface area contributed by atoms with Gasteiger partial charge < -0.3 is 19.8 Å². The fourth-order valence-electron chi connectivity index (χ4n) is 3.60.